The quantitative estimate of drug-likeness (QED) is 0.486. The van der Waals surface area contributed by atoms with E-state index in [-0.39, 0.29) is 34.5 Å². The first-order valence-corrected chi connectivity index (χ1v) is 11.2. The molecule has 0 aromatic heterocycles. The number of nitrogens with one attached hydrogen (secondary N) is 3. The molecule has 168 valence electrons. The van der Waals surface area contributed by atoms with Gasteiger partial charge in [0.15, 0.2) is 18.1 Å². The molecule has 2 amide bonds. The normalized spacial score (nSPS) is 11.0. The Labute approximate surface area is 186 Å². The lowest BCUT2D eigenvalue weighted by Gasteiger charge is -2.13. The van der Waals surface area contributed by atoms with Crippen LogP contribution >= 0.6 is 11.6 Å². The summed E-state index contributed by atoms with van der Waals surface area (Å²) in [6, 6.07) is 8.88. The van der Waals surface area contributed by atoms with Crippen molar-refractivity contribution >= 4 is 33.4 Å². The van der Waals surface area contributed by atoms with Crippen LogP contribution in [0.1, 0.15) is 22.8 Å². The molecule has 0 radical (unpaired) electrons. The van der Waals surface area contributed by atoms with Crippen molar-refractivity contribution in [1.82, 2.24) is 15.4 Å². The maximum atomic E-state index is 12.6. The van der Waals surface area contributed by atoms with Gasteiger partial charge in [-0.1, -0.05) is 17.7 Å². The Morgan fingerprint density at radius 1 is 1.06 bits per heavy atom. The van der Waals surface area contributed by atoms with Crippen molar-refractivity contribution in [3.05, 3.63) is 52.5 Å². The number of rotatable bonds is 10. The summed E-state index contributed by atoms with van der Waals surface area (Å²) in [6.45, 7) is 2.30. The monoisotopic (exact) mass is 469 g/mol. The minimum Gasteiger partial charge on any atom is -0.493 e. The van der Waals surface area contributed by atoms with E-state index in [1.165, 1.54) is 32.4 Å². The maximum absolute atomic E-state index is 12.6. The van der Waals surface area contributed by atoms with Crippen LogP contribution in [0.5, 0.6) is 11.5 Å². The molecule has 3 N–H and O–H groups in total. The number of halogens is 1. The minimum absolute atomic E-state index is 0.0341. The van der Waals surface area contributed by atoms with Gasteiger partial charge in [-0.2, -0.15) is 0 Å². The molecule has 0 saturated heterocycles. The van der Waals surface area contributed by atoms with Crippen LogP contribution < -0.4 is 24.8 Å². The summed E-state index contributed by atoms with van der Waals surface area (Å²) in [7, 11) is -0.974. The zero-order valence-electron chi connectivity index (χ0n) is 17.3. The highest BCUT2D eigenvalue weighted by molar-refractivity contribution is 7.89. The number of ether oxygens (including phenoxy) is 2. The second-order valence-electron chi connectivity index (χ2n) is 6.26. The van der Waals surface area contributed by atoms with Crippen molar-refractivity contribution in [3.63, 3.8) is 0 Å². The molecule has 2 rings (SSSR count). The molecular weight excluding hydrogens is 446 g/mol. The molecule has 2 aromatic rings. The molecule has 0 aliphatic carbocycles. The summed E-state index contributed by atoms with van der Waals surface area (Å²) in [5.74, 6) is 0.00186. The summed E-state index contributed by atoms with van der Waals surface area (Å²) < 4.78 is 36.9. The van der Waals surface area contributed by atoms with Gasteiger partial charge in [0.05, 0.1) is 22.6 Å². The number of hydrogen-bond acceptors (Lipinski definition) is 6. The minimum atomic E-state index is -3.71. The van der Waals surface area contributed by atoms with Gasteiger partial charge < -0.3 is 20.1 Å². The van der Waals surface area contributed by atoms with Crippen molar-refractivity contribution in [2.24, 2.45) is 0 Å². The van der Waals surface area contributed by atoms with Gasteiger partial charge in [-0.25, -0.2) is 13.1 Å². The molecule has 11 heteroatoms. The third-order valence-electron chi connectivity index (χ3n) is 4.18. The first-order valence-electron chi connectivity index (χ1n) is 9.29. The van der Waals surface area contributed by atoms with E-state index in [1.54, 1.807) is 18.2 Å². The number of methoxy groups -OCH3 is 1. The highest BCUT2D eigenvalue weighted by Crippen LogP contribution is 2.28. The van der Waals surface area contributed by atoms with E-state index >= 15 is 0 Å². The van der Waals surface area contributed by atoms with Crippen LogP contribution in [0.25, 0.3) is 0 Å². The molecule has 31 heavy (non-hydrogen) atoms. The van der Waals surface area contributed by atoms with Crippen molar-refractivity contribution < 1.29 is 27.5 Å². The Balaban J connectivity index is 2.10. The Kier molecular flexibility index (Phi) is 8.66. The fraction of sp³-hybridized carbons (Fsp3) is 0.300. The molecule has 0 spiro atoms. The van der Waals surface area contributed by atoms with Crippen LogP contribution in [0.4, 0.5) is 0 Å². The largest absolute Gasteiger partial charge is 0.493 e. The molecule has 0 aliphatic rings. The summed E-state index contributed by atoms with van der Waals surface area (Å²) in [5, 5.41) is 5.45. The van der Waals surface area contributed by atoms with Crippen LogP contribution in [-0.2, 0) is 21.4 Å². The highest BCUT2D eigenvalue weighted by Gasteiger charge is 2.17. The molecular formula is C20H24ClN3O6S. The van der Waals surface area contributed by atoms with Crippen LogP contribution in [0.3, 0.4) is 0 Å². The van der Waals surface area contributed by atoms with Crippen LogP contribution in [0.15, 0.2) is 41.3 Å². The number of amides is 2. The SMILES string of the molecule is CCNC(=O)COc1ccc(CNC(=O)c2cc(S(=O)(=O)NC)ccc2Cl)cc1OC. The summed E-state index contributed by atoms with van der Waals surface area (Å²) in [5.41, 5.74) is 0.734. The van der Waals surface area contributed by atoms with E-state index in [9.17, 15) is 18.0 Å². The number of likely N-dealkylation sites (N-methyl/N-ethyl adjacent to an activating group) is 1. The Bertz CT molecular complexity index is 1060. The molecule has 0 heterocycles. The first kappa shape index (κ1) is 24.4. The van der Waals surface area contributed by atoms with Crippen molar-refractivity contribution in [2.75, 3.05) is 27.3 Å². The van der Waals surface area contributed by atoms with E-state index in [0.29, 0.717) is 23.6 Å². The van der Waals surface area contributed by atoms with Gasteiger partial charge in [-0.15, -0.1) is 0 Å². The molecule has 9 nitrogen and oxygen atoms in total. The highest BCUT2D eigenvalue weighted by atomic mass is 35.5. The lowest BCUT2D eigenvalue weighted by molar-refractivity contribution is -0.123. The van der Waals surface area contributed by atoms with Gasteiger partial charge in [0.25, 0.3) is 11.8 Å². The van der Waals surface area contributed by atoms with Gasteiger partial charge in [-0.3, -0.25) is 9.59 Å². The number of benzene rings is 2. The van der Waals surface area contributed by atoms with E-state index < -0.39 is 15.9 Å². The van der Waals surface area contributed by atoms with E-state index in [2.05, 4.69) is 15.4 Å². The standard InChI is InChI=1S/C20H24ClN3O6S/c1-4-23-19(25)12-30-17-8-5-13(9-18(17)29-3)11-24-20(26)15-10-14(6-7-16(15)21)31(27,28)22-2/h5-10,22H,4,11-12H2,1-3H3,(H,23,25)(H,24,26). The van der Waals surface area contributed by atoms with E-state index in [1.807, 2.05) is 6.92 Å². The summed E-state index contributed by atoms with van der Waals surface area (Å²) in [4.78, 5) is 24.0. The lowest BCUT2D eigenvalue weighted by Crippen LogP contribution is -2.28. The van der Waals surface area contributed by atoms with Gasteiger partial charge in [0.2, 0.25) is 10.0 Å². The number of hydrogen-bond donors (Lipinski definition) is 3. The molecule has 0 aliphatic heterocycles. The zero-order valence-corrected chi connectivity index (χ0v) is 18.9. The first-order chi connectivity index (χ1) is 14.7. The number of carbonyl (C=O) groups excluding carboxylic acids is 2. The lowest BCUT2D eigenvalue weighted by atomic mass is 10.1. The molecule has 0 unspecified atom stereocenters. The predicted molar refractivity (Wildman–Crippen MR) is 116 cm³/mol. The topological polar surface area (TPSA) is 123 Å². The summed E-state index contributed by atoms with van der Waals surface area (Å²) in [6.07, 6.45) is 0. The molecule has 0 fully saturated rings. The molecule has 0 bridgehead atoms. The van der Waals surface area contributed by atoms with Crippen LogP contribution in [-0.4, -0.2) is 47.5 Å². The molecule has 0 atom stereocenters. The zero-order chi connectivity index (χ0) is 23.0. The number of carbonyl (C=O) groups is 2. The maximum Gasteiger partial charge on any atom is 0.257 e. The Morgan fingerprint density at radius 2 is 1.81 bits per heavy atom. The van der Waals surface area contributed by atoms with Gasteiger partial charge in [0, 0.05) is 13.1 Å². The van der Waals surface area contributed by atoms with Crippen LogP contribution in [0, 0.1) is 0 Å². The fourth-order valence-electron chi connectivity index (χ4n) is 2.57. The third-order valence-corrected chi connectivity index (χ3v) is 5.92. The van der Waals surface area contributed by atoms with Crippen molar-refractivity contribution in [2.45, 2.75) is 18.4 Å². The average Bonchev–Trinajstić information content (AvgIpc) is 2.76. The van der Waals surface area contributed by atoms with Crippen LogP contribution in [0.2, 0.25) is 5.02 Å². The second kappa shape index (κ2) is 11.0. The van der Waals surface area contributed by atoms with Crippen molar-refractivity contribution in [1.29, 1.82) is 0 Å². The Morgan fingerprint density at radius 3 is 2.45 bits per heavy atom. The van der Waals surface area contributed by atoms with Crippen molar-refractivity contribution in [3.8, 4) is 11.5 Å². The molecule has 2 aromatic carbocycles. The van der Waals surface area contributed by atoms with E-state index in [4.69, 9.17) is 21.1 Å². The smallest absolute Gasteiger partial charge is 0.257 e. The fourth-order valence-corrected chi connectivity index (χ4v) is 3.53. The van der Waals surface area contributed by atoms with Gasteiger partial charge in [-0.05, 0) is 49.9 Å². The van der Waals surface area contributed by atoms with Gasteiger partial charge >= 0.3 is 0 Å². The number of sulfonamides is 1. The Hall–Kier alpha value is -2.82. The second-order valence-corrected chi connectivity index (χ2v) is 8.55. The summed E-state index contributed by atoms with van der Waals surface area (Å²) >= 11 is 6.07. The third kappa shape index (κ3) is 6.58. The van der Waals surface area contributed by atoms with E-state index in [0.717, 1.165) is 0 Å². The molecule has 0 saturated carbocycles. The average molecular weight is 470 g/mol. The van der Waals surface area contributed by atoms with Gasteiger partial charge in [0.1, 0.15) is 0 Å². The predicted octanol–water partition coefficient (Wildman–Crippen LogP) is 1.70.